The first-order chi connectivity index (χ1) is 14.1. The number of ether oxygens (including phenoxy) is 1. The number of likely N-dealkylation sites (tertiary alicyclic amines) is 2. The van der Waals surface area contributed by atoms with Crippen molar-refractivity contribution in [1.82, 2.24) is 15.1 Å². The molecular formula is C22H32N4O3. The first-order valence-electron chi connectivity index (χ1n) is 10.9. The summed E-state index contributed by atoms with van der Waals surface area (Å²) in [6.45, 7) is 6.33. The molecule has 1 spiro atoms. The predicted octanol–water partition coefficient (Wildman–Crippen LogP) is 3.07. The predicted molar refractivity (Wildman–Crippen MR) is 112 cm³/mol. The molecule has 0 aromatic heterocycles. The van der Waals surface area contributed by atoms with E-state index >= 15 is 0 Å². The second kappa shape index (κ2) is 8.61. The summed E-state index contributed by atoms with van der Waals surface area (Å²) in [6.07, 6.45) is 4.79. The van der Waals surface area contributed by atoms with E-state index < -0.39 is 0 Å². The van der Waals surface area contributed by atoms with Gasteiger partial charge in [-0.2, -0.15) is 0 Å². The summed E-state index contributed by atoms with van der Waals surface area (Å²) in [6, 6.07) is 7.98. The molecule has 3 saturated heterocycles. The molecule has 7 heteroatoms. The third-order valence-electron chi connectivity index (χ3n) is 6.66. The van der Waals surface area contributed by atoms with E-state index in [9.17, 15) is 9.59 Å². The quantitative estimate of drug-likeness (QED) is 0.819. The van der Waals surface area contributed by atoms with Gasteiger partial charge in [-0.1, -0.05) is 19.1 Å². The Morgan fingerprint density at radius 2 is 1.86 bits per heavy atom. The van der Waals surface area contributed by atoms with Crippen LogP contribution in [0.25, 0.3) is 0 Å². The fourth-order valence-corrected chi connectivity index (χ4v) is 4.77. The van der Waals surface area contributed by atoms with E-state index in [-0.39, 0.29) is 23.5 Å². The average Bonchev–Trinajstić information content (AvgIpc) is 3.42. The first-order valence-corrected chi connectivity index (χ1v) is 10.9. The van der Waals surface area contributed by atoms with Crippen LogP contribution >= 0.6 is 0 Å². The highest BCUT2D eigenvalue weighted by atomic mass is 16.5. The molecule has 0 radical (unpaired) electrons. The number of urea groups is 2. The van der Waals surface area contributed by atoms with Gasteiger partial charge in [0.1, 0.15) is 0 Å². The fraction of sp³-hybridized carbons (Fsp3) is 0.636. The van der Waals surface area contributed by atoms with Gasteiger partial charge in [0.25, 0.3) is 0 Å². The van der Waals surface area contributed by atoms with Gasteiger partial charge in [0.05, 0.1) is 6.61 Å². The number of nitrogens with one attached hydrogen (secondary N) is 2. The summed E-state index contributed by atoms with van der Waals surface area (Å²) in [4.78, 5) is 29.2. The fourth-order valence-electron chi connectivity index (χ4n) is 4.77. The van der Waals surface area contributed by atoms with E-state index in [1.54, 1.807) is 0 Å². The lowest BCUT2D eigenvalue weighted by molar-refractivity contribution is -0.0234. The molecule has 2 atom stereocenters. The summed E-state index contributed by atoms with van der Waals surface area (Å²) in [5, 5.41) is 6.27. The highest BCUT2D eigenvalue weighted by molar-refractivity contribution is 5.89. The Morgan fingerprint density at radius 3 is 2.59 bits per heavy atom. The molecule has 3 heterocycles. The number of anilines is 1. The number of benzene rings is 1. The van der Waals surface area contributed by atoms with Crippen LogP contribution in [0.5, 0.6) is 0 Å². The standard InChI is InChI=1S/C22H32N4O3/c1-2-17-5-7-18(8-6-17)23-20(27)26-13-10-22(15-26)16-29-14-9-19(22)24-21(28)25-11-3-4-12-25/h5-8,19H,2-4,9-16H2,1H3,(H,23,27)(H,24,28)/t19-,22-/m1/s1. The summed E-state index contributed by atoms with van der Waals surface area (Å²) >= 11 is 0. The first kappa shape index (κ1) is 20.0. The lowest BCUT2D eigenvalue weighted by atomic mass is 9.77. The van der Waals surface area contributed by atoms with Gasteiger partial charge in [-0.15, -0.1) is 0 Å². The molecule has 7 nitrogen and oxygen atoms in total. The van der Waals surface area contributed by atoms with Gasteiger partial charge >= 0.3 is 12.1 Å². The van der Waals surface area contributed by atoms with Gasteiger partial charge in [-0.25, -0.2) is 9.59 Å². The number of rotatable bonds is 3. The van der Waals surface area contributed by atoms with Gasteiger partial charge in [0.15, 0.2) is 0 Å². The Labute approximate surface area is 172 Å². The number of carbonyl (C=O) groups is 2. The highest BCUT2D eigenvalue weighted by Gasteiger charge is 2.48. The molecule has 29 heavy (non-hydrogen) atoms. The van der Waals surface area contributed by atoms with E-state index in [2.05, 4.69) is 17.6 Å². The Balaban J connectivity index is 1.38. The zero-order valence-electron chi connectivity index (χ0n) is 17.3. The average molecular weight is 401 g/mol. The minimum atomic E-state index is -0.197. The van der Waals surface area contributed by atoms with Crippen LogP contribution < -0.4 is 10.6 Å². The molecule has 4 rings (SSSR count). The topological polar surface area (TPSA) is 73.9 Å². The van der Waals surface area contributed by atoms with Crippen molar-refractivity contribution < 1.29 is 14.3 Å². The zero-order chi connectivity index (χ0) is 20.3. The third kappa shape index (κ3) is 4.34. The molecule has 3 aliphatic heterocycles. The minimum absolute atomic E-state index is 0.0349. The van der Waals surface area contributed by atoms with Crippen molar-refractivity contribution in [3.8, 4) is 0 Å². The van der Waals surface area contributed by atoms with Crippen molar-refractivity contribution in [2.45, 2.75) is 45.1 Å². The Kier molecular flexibility index (Phi) is 5.94. The number of hydrogen-bond acceptors (Lipinski definition) is 3. The second-order valence-corrected chi connectivity index (χ2v) is 8.55. The maximum absolute atomic E-state index is 12.8. The van der Waals surface area contributed by atoms with Crippen LogP contribution in [0.15, 0.2) is 24.3 Å². The molecule has 3 aliphatic rings. The zero-order valence-corrected chi connectivity index (χ0v) is 17.3. The molecule has 4 amide bonds. The van der Waals surface area contributed by atoms with Crippen molar-refractivity contribution in [2.75, 3.05) is 44.7 Å². The SMILES string of the molecule is CCc1ccc(NC(=O)N2CC[C@]3(COCC[C@H]3NC(=O)N3CCCC3)C2)cc1. The number of aryl methyl sites for hydroxylation is 1. The molecule has 0 saturated carbocycles. The second-order valence-electron chi connectivity index (χ2n) is 8.55. The van der Waals surface area contributed by atoms with Gasteiger partial charge in [0, 0.05) is 49.9 Å². The molecular weight excluding hydrogens is 368 g/mol. The van der Waals surface area contributed by atoms with Crippen LogP contribution in [0.4, 0.5) is 15.3 Å². The summed E-state index contributed by atoms with van der Waals surface area (Å²) in [5.74, 6) is 0. The number of hydrogen-bond donors (Lipinski definition) is 2. The number of nitrogens with zero attached hydrogens (tertiary/aromatic N) is 2. The molecule has 0 bridgehead atoms. The molecule has 158 valence electrons. The van der Waals surface area contributed by atoms with Crippen LogP contribution in [-0.4, -0.2) is 67.3 Å². The maximum Gasteiger partial charge on any atom is 0.321 e. The van der Waals surface area contributed by atoms with Crippen molar-refractivity contribution in [3.63, 3.8) is 0 Å². The maximum atomic E-state index is 12.8. The van der Waals surface area contributed by atoms with Crippen LogP contribution in [0.2, 0.25) is 0 Å². The molecule has 1 aromatic rings. The van der Waals surface area contributed by atoms with Crippen LogP contribution in [-0.2, 0) is 11.2 Å². The van der Waals surface area contributed by atoms with Gasteiger partial charge in [0.2, 0.25) is 0 Å². The summed E-state index contributed by atoms with van der Waals surface area (Å²) in [7, 11) is 0. The largest absolute Gasteiger partial charge is 0.381 e. The molecule has 3 fully saturated rings. The van der Waals surface area contributed by atoms with Crippen LogP contribution in [0.3, 0.4) is 0 Å². The van der Waals surface area contributed by atoms with E-state index in [1.165, 1.54) is 5.56 Å². The van der Waals surface area contributed by atoms with E-state index in [0.717, 1.165) is 50.9 Å². The normalized spacial score (nSPS) is 26.7. The highest BCUT2D eigenvalue weighted by Crippen LogP contribution is 2.38. The Bertz CT molecular complexity index is 732. The number of amides is 4. The minimum Gasteiger partial charge on any atom is -0.381 e. The lowest BCUT2D eigenvalue weighted by Crippen LogP contribution is -2.57. The molecule has 2 N–H and O–H groups in total. The van der Waals surface area contributed by atoms with Crippen molar-refractivity contribution in [1.29, 1.82) is 0 Å². The van der Waals surface area contributed by atoms with Crippen LogP contribution in [0.1, 0.15) is 38.2 Å². The van der Waals surface area contributed by atoms with E-state index in [4.69, 9.17) is 4.74 Å². The van der Waals surface area contributed by atoms with Gasteiger partial charge < -0.3 is 25.2 Å². The van der Waals surface area contributed by atoms with Gasteiger partial charge in [-0.3, -0.25) is 0 Å². The smallest absolute Gasteiger partial charge is 0.321 e. The van der Waals surface area contributed by atoms with E-state index in [0.29, 0.717) is 26.3 Å². The summed E-state index contributed by atoms with van der Waals surface area (Å²) in [5.41, 5.74) is 1.86. The van der Waals surface area contributed by atoms with E-state index in [1.807, 2.05) is 34.1 Å². The number of carbonyl (C=O) groups excluding carboxylic acids is 2. The monoisotopic (exact) mass is 400 g/mol. The molecule has 0 aliphatic carbocycles. The Morgan fingerprint density at radius 1 is 1.10 bits per heavy atom. The van der Waals surface area contributed by atoms with Gasteiger partial charge in [-0.05, 0) is 49.8 Å². The lowest BCUT2D eigenvalue weighted by Gasteiger charge is -2.41. The summed E-state index contributed by atoms with van der Waals surface area (Å²) < 4.78 is 5.79. The molecule has 0 unspecified atom stereocenters. The van der Waals surface area contributed by atoms with Crippen LogP contribution in [0, 0.1) is 5.41 Å². The molecule has 1 aromatic carbocycles. The van der Waals surface area contributed by atoms with Crippen molar-refractivity contribution >= 4 is 17.7 Å². The van der Waals surface area contributed by atoms with Crippen molar-refractivity contribution in [2.24, 2.45) is 5.41 Å². The Hall–Kier alpha value is -2.28. The third-order valence-corrected chi connectivity index (χ3v) is 6.66. The van der Waals surface area contributed by atoms with Crippen molar-refractivity contribution in [3.05, 3.63) is 29.8 Å².